The van der Waals surface area contributed by atoms with E-state index in [9.17, 15) is 0 Å². The standard InChI is InChI=1S/C8H16N2O2/c11-9-7-5-3-1-2-4-6-8(7)10-12/h7,9,11-12H,1-6H2. The number of hydrogen-bond acceptors (Lipinski definition) is 4. The van der Waals surface area contributed by atoms with Crippen molar-refractivity contribution in [2.75, 3.05) is 0 Å². The van der Waals surface area contributed by atoms with Crippen LogP contribution in [-0.4, -0.2) is 22.2 Å². The lowest BCUT2D eigenvalue weighted by molar-refractivity contribution is 0.141. The van der Waals surface area contributed by atoms with Gasteiger partial charge in [-0.1, -0.05) is 24.4 Å². The molecule has 1 saturated carbocycles. The second-order valence-electron chi connectivity index (χ2n) is 3.23. The molecule has 1 fully saturated rings. The van der Waals surface area contributed by atoms with E-state index in [-0.39, 0.29) is 6.04 Å². The molecule has 0 saturated heterocycles. The summed E-state index contributed by atoms with van der Waals surface area (Å²) in [5.41, 5.74) is 2.86. The summed E-state index contributed by atoms with van der Waals surface area (Å²) >= 11 is 0. The van der Waals surface area contributed by atoms with Crippen LogP contribution in [0.3, 0.4) is 0 Å². The highest BCUT2D eigenvalue weighted by atomic mass is 16.5. The molecule has 1 aliphatic rings. The van der Waals surface area contributed by atoms with Crippen LogP contribution in [0.1, 0.15) is 38.5 Å². The van der Waals surface area contributed by atoms with Gasteiger partial charge >= 0.3 is 0 Å². The molecular formula is C8H16N2O2. The molecule has 0 amide bonds. The molecule has 4 nitrogen and oxygen atoms in total. The molecule has 3 N–H and O–H groups in total. The van der Waals surface area contributed by atoms with E-state index in [1.807, 2.05) is 0 Å². The summed E-state index contributed by atoms with van der Waals surface area (Å²) in [7, 11) is 0. The summed E-state index contributed by atoms with van der Waals surface area (Å²) < 4.78 is 0. The number of hydroxylamine groups is 1. The monoisotopic (exact) mass is 172 g/mol. The maximum Gasteiger partial charge on any atom is 0.0763 e. The summed E-state index contributed by atoms with van der Waals surface area (Å²) in [4.78, 5) is 0. The lowest BCUT2D eigenvalue weighted by atomic mass is 9.95. The maximum atomic E-state index is 8.77. The van der Waals surface area contributed by atoms with E-state index < -0.39 is 0 Å². The smallest absolute Gasteiger partial charge is 0.0763 e. The topological polar surface area (TPSA) is 64.9 Å². The van der Waals surface area contributed by atoms with E-state index in [0.29, 0.717) is 5.71 Å². The molecule has 1 unspecified atom stereocenters. The zero-order chi connectivity index (χ0) is 8.81. The van der Waals surface area contributed by atoms with Crippen molar-refractivity contribution in [1.29, 1.82) is 0 Å². The lowest BCUT2D eigenvalue weighted by Gasteiger charge is -2.18. The molecule has 12 heavy (non-hydrogen) atoms. The molecule has 0 bridgehead atoms. The first-order chi connectivity index (χ1) is 5.88. The molecule has 70 valence electrons. The molecule has 0 aromatic heterocycles. The van der Waals surface area contributed by atoms with E-state index in [1.165, 1.54) is 12.8 Å². The summed E-state index contributed by atoms with van der Waals surface area (Å²) in [6.45, 7) is 0. The Labute approximate surface area is 72.2 Å². The van der Waals surface area contributed by atoms with Gasteiger partial charge in [-0.2, -0.15) is 5.48 Å². The summed E-state index contributed by atoms with van der Waals surface area (Å²) in [5.74, 6) is 0. The van der Waals surface area contributed by atoms with E-state index in [4.69, 9.17) is 10.4 Å². The number of nitrogens with one attached hydrogen (secondary N) is 1. The molecule has 0 aliphatic heterocycles. The molecule has 4 heteroatoms. The Morgan fingerprint density at radius 1 is 1.25 bits per heavy atom. The van der Waals surface area contributed by atoms with Crippen molar-refractivity contribution in [3.8, 4) is 0 Å². The quantitative estimate of drug-likeness (QED) is 0.415. The van der Waals surface area contributed by atoms with Crippen molar-refractivity contribution in [1.82, 2.24) is 5.48 Å². The number of nitrogens with zero attached hydrogens (tertiary/aromatic N) is 1. The van der Waals surface area contributed by atoms with Crippen molar-refractivity contribution in [2.45, 2.75) is 44.6 Å². The molecule has 1 aliphatic carbocycles. The molecule has 0 spiro atoms. The van der Waals surface area contributed by atoms with Crippen LogP contribution in [0.25, 0.3) is 0 Å². The third-order valence-electron chi connectivity index (χ3n) is 2.36. The Morgan fingerprint density at radius 3 is 2.67 bits per heavy atom. The van der Waals surface area contributed by atoms with Gasteiger partial charge in [-0.3, -0.25) is 0 Å². The van der Waals surface area contributed by atoms with Crippen molar-refractivity contribution >= 4 is 5.71 Å². The number of hydrogen-bond donors (Lipinski definition) is 3. The minimum atomic E-state index is -0.143. The van der Waals surface area contributed by atoms with Crippen molar-refractivity contribution < 1.29 is 10.4 Å². The molecule has 0 aromatic carbocycles. The van der Waals surface area contributed by atoms with Crippen LogP contribution in [0.2, 0.25) is 0 Å². The third kappa shape index (κ3) is 2.46. The molecule has 1 atom stereocenters. The zero-order valence-electron chi connectivity index (χ0n) is 7.16. The number of rotatable bonds is 1. The van der Waals surface area contributed by atoms with Crippen LogP contribution < -0.4 is 5.48 Å². The van der Waals surface area contributed by atoms with E-state index in [1.54, 1.807) is 0 Å². The van der Waals surface area contributed by atoms with Crippen LogP contribution in [0, 0.1) is 0 Å². The van der Waals surface area contributed by atoms with Gasteiger partial charge in [-0.25, -0.2) is 0 Å². The van der Waals surface area contributed by atoms with Gasteiger partial charge in [0.15, 0.2) is 0 Å². The summed E-state index contributed by atoms with van der Waals surface area (Å²) in [5, 5.41) is 20.6. The third-order valence-corrected chi connectivity index (χ3v) is 2.36. The SMILES string of the molecule is ON=C1CCCCCCC1NO. The zero-order valence-corrected chi connectivity index (χ0v) is 7.16. The van der Waals surface area contributed by atoms with Gasteiger partial charge in [0.25, 0.3) is 0 Å². The van der Waals surface area contributed by atoms with E-state index in [2.05, 4.69) is 10.6 Å². The van der Waals surface area contributed by atoms with Crippen molar-refractivity contribution in [3.05, 3.63) is 0 Å². The molecule has 0 aromatic rings. The average Bonchev–Trinajstić information content (AvgIpc) is 2.05. The predicted molar refractivity (Wildman–Crippen MR) is 45.6 cm³/mol. The second-order valence-corrected chi connectivity index (χ2v) is 3.23. The van der Waals surface area contributed by atoms with Gasteiger partial charge in [0, 0.05) is 0 Å². The Kier molecular flexibility index (Phi) is 4.04. The fourth-order valence-corrected chi connectivity index (χ4v) is 1.61. The van der Waals surface area contributed by atoms with E-state index in [0.717, 1.165) is 25.7 Å². The Bertz CT molecular complexity index is 159. The van der Waals surface area contributed by atoms with Gasteiger partial charge in [0.1, 0.15) is 0 Å². The fraction of sp³-hybridized carbons (Fsp3) is 0.875. The Hall–Kier alpha value is -0.610. The first kappa shape index (κ1) is 9.48. The Morgan fingerprint density at radius 2 is 2.00 bits per heavy atom. The molecule has 0 radical (unpaired) electrons. The van der Waals surface area contributed by atoms with Gasteiger partial charge in [-0.15, -0.1) is 0 Å². The minimum Gasteiger partial charge on any atom is -0.411 e. The highest BCUT2D eigenvalue weighted by molar-refractivity contribution is 5.88. The van der Waals surface area contributed by atoms with Crippen LogP contribution in [0.4, 0.5) is 0 Å². The van der Waals surface area contributed by atoms with Crippen molar-refractivity contribution in [3.63, 3.8) is 0 Å². The van der Waals surface area contributed by atoms with Gasteiger partial charge in [0.2, 0.25) is 0 Å². The average molecular weight is 172 g/mol. The first-order valence-electron chi connectivity index (χ1n) is 4.49. The normalized spacial score (nSPS) is 29.8. The molecule has 1 rings (SSSR count). The van der Waals surface area contributed by atoms with Crippen molar-refractivity contribution in [2.24, 2.45) is 5.16 Å². The fourth-order valence-electron chi connectivity index (χ4n) is 1.61. The minimum absolute atomic E-state index is 0.143. The highest BCUT2D eigenvalue weighted by Gasteiger charge is 2.17. The highest BCUT2D eigenvalue weighted by Crippen LogP contribution is 2.15. The predicted octanol–water partition coefficient (Wildman–Crippen LogP) is 1.52. The van der Waals surface area contributed by atoms with Crippen LogP contribution in [0.15, 0.2) is 5.16 Å². The molecule has 0 heterocycles. The number of oxime groups is 1. The van der Waals surface area contributed by atoms with Gasteiger partial charge in [0.05, 0.1) is 11.8 Å². The van der Waals surface area contributed by atoms with E-state index >= 15 is 0 Å². The Balaban J connectivity index is 2.52. The molecular weight excluding hydrogens is 156 g/mol. The van der Waals surface area contributed by atoms with Gasteiger partial charge < -0.3 is 10.4 Å². The largest absolute Gasteiger partial charge is 0.411 e. The summed E-state index contributed by atoms with van der Waals surface area (Å²) in [6.07, 6.45) is 6.17. The second kappa shape index (κ2) is 5.11. The lowest BCUT2D eigenvalue weighted by Crippen LogP contribution is -2.35. The maximum absolute atomic E-state index is 8.77. The van der Waals surface area contributed by atoms with Crippen LogP contribution >= 0.6 is 0 Å². The first-order valence-corrected chi connectivity index (χ1v) is 4.49. The van der Waals surface area contributed by atoms with Crippen LogP contribution in [0.5, 0.6) is 0 Å². The van der Waals surface area contributed by atoms with Gasteiger partial charge in [-0.05, 0) is 19.3 Å². The van der Waals surface area contributed by atoms with Crippen LogP contribution in [-0.2, 0) is 0 Å². The summed E-state index contributed by atoms with van der Waals surface area (Å²) in [6, 6.07) is -0.143.